The minimum atomic E-state index is -0.610. The lowest BCUT2D eigenvalue weighted by Gasteiger charge is -2.33. The Labute approximate surface area is 197 Å². The van der Waals surface area contributed by atoms with Crippen LogP contribution in [0.1, 0.15) is 35.2 Å². The fourth-order valence-corrected chi connectivity index (χ4v) is 4.99. The van der Waals surface area contributed by atoms with Crippen molar-refractivity contribution in [2.75, 3.05) is 17.7 Å². The largest absolute Gasteiger partial charge is 0.383 e. The average Bonchev–Trinajstić information content (AvgIpc) is 3.50. The van der Waals surface area contributed by atoms with Gasteiger partial charge >= 0.3 is 0 Å². The van der Waals surface area contributed by atoms with Crippen molar-refractivity contribution in [3.63, 3.8) is 0 Å². The number of aromatic nitrogens is 6. The number of nitrogens with zero attached hydrogens (tertiary/aromatic N) is 6. The molecular weight excluding hydrogens is 432 g/mol. The van der Waals surface area contributed by atoms with Gasteiger partial charge in [0.25, 0.3) is 5.91 Å². The number of carbonyl (C=O) groups excluding carboxylic acids is 1. The summed E-state index contributed by atoms with van der Waals surface area (Å²) in [5.41, 5.74) is 4.11. The summed E-state index contributed by atoms with van der Waals surface area (Å²) in [5, 5.41) is 22.6. The van der Waals surface area contributed by atoms with Crippen molar-refractivity contribution in [1.29, 1.82) is 0 Å². The number of nitrogens with one attached hydrogen (secondary N) is 3. The van der Waals surface area contributed by atoms with E-state index in [9.17, 15) is 4.79 Å². The summed E-state index contributed by atoms with van der Waals surface area (Å²) in [6.07, 6.45) is 4.19. The first-order valence-corrected chi connectivity index (χ1v) is 11.5. The van der Waals surface area contributed by atoms with Crippen LogP contribution in [0.5, 0.6) is 0 Å². The lowest BCUT2D eigenvalue weighted by atomic mass is 9.61. The molecule has 1 aliphatic carbocycles. The predicted octanol–water partition coefficient (Wildman–Crippen LogP) is -0.146. The lowest BCUT2D eigenvalue weighted by Crippen LogP contribution is -2.45. The highest BCUT2D eigenvalue weighted by molar-refractivity contribution is 6.39. The number of hydrogen-bond donors (Lipinski definition) is 3. The molecule has 1 aromatic carbocycles. The Morgan fingerprint density at radius 3 is 2.91 bits per heavy atom. The molecule has 6 rings (SSSR count). The lowest BCUT2D eigenvalue weighted by molar-refractivity contribution is -0.00587. The van der Waals surface area contributed by atoms with E-state index in [1.165, 1.54) is 0 Å². The maximum atomic E-state index is 13.3. The molecule has 3 N–H and O–H groups in total. The molecule has 172 valence electrons. The minimum absolute atomic E-state index is 0.0885. The number of fused-ring (bicyclic) bond motifs is 6. The zero-order valence-corrected chi connectivity index (χ0v) is 19.6. The first-order chi connectivity index (χ1) is 16.3. The second kappa shape index (κ2) is 7.45. The third kappa shape index (κ3) is 3.30. The van der Waals surface area contributed by atoms with E-state index in [-0.39, 0.29) is 18.1 Å². The molecule has 11 nitrogen and oxygen atoms in total. The van der Waals surface area contributed by atoms with Gasteiger partial charge in [-0.2, -0.15) is 24.6 Å². The molecule has 0 radical (unpaired) electrons. The fraction of sp³-hybridized carbons (Fsp3) is 0.381. The molecular formula is C21H25B2N9O2. The van der Waals surface area contributed by atoms with Crippen LogP contribution in [0.2, 0.25) is 0 Å². The number of amides is 1. The second-order valence-corrected chi connectivity index (χ2v) is 9.45. The third-order valence-electron chi connectivity index (χ3n) is 6.73. The Kier molecular flexibility index (Phi) is 4.60. The molecule has 0 unspecified atom stereocenters. The molecule has 3 aromatic heterocycles. The van der Waals surface area contributed by atoms with Crippen LogP contribution in [0.4, 0.5) is 17.3 Å². The van der Waals surface area contributed by atoms with Gasteiger partial charge in [-0.3, -0.25) is 4.79 Å². The summed E-state index contributed by atoms with van der Waals surface area (Å²) < 4.78 is 8.28. The maximum absolute atomic E-state index is 13.3. The summed E-state index contributed by atoms with van der Waals surface area (Å²) in [6.45, 7) is 0. The first kappa shape index (κ1) is 21.0. The number of benzene rings is 1. The number of aryl methyl sites for hydroxylation is 1. The Bertz CT molecular complexity index is 1450. The molecule has 2 aliphatic rings. The van der Waals surface area contributed by atoms with Crippen LogP contribution in [0.25, 0.3) is 16.7 Å². The zero-order valence-electron chi connectivity index (χ0n) is 19.6. The number of anilines is 3. The van der Waals surface area contributed by atoms with E-state index in [2.05, 4.69) is 46.9 Å². The molecule has 0 spiro atoms. The van der Waals surface area contributed by atoms with E-state index in [0.717, 1.165) is 41.5 Å². The first-order valence-electron chi connectivity index (χ1n) is 11.5. The van der Waals surface area contributed by atoms with E-state index < -0.39 is 5.40 Å². The number of rotatable bonds is 1. The van der Waals surface area contributed by atoms with E-state index in [4.69, 9.17) is 9.72 Å². The third-order valence-corrected chi connectivity index (χ3v) is 6.73. The van der Waals surface area contributed by atoms with Gasteiger partial charge < -0.3 is 20.7 Å². The molecule has 1 saturated carbocycles. The van der Waals surface area contributed by atoms with Gasteiger partial charge in [0.1, 0.15) is 43.9 Å². The molecule has 0 saturated heterocycles. The van der Waals surface area contributed by atoms with Crippen LogP contribution in [0, 0.1) is 0 Å². The van der Waals surface area contributed by atoms with E-state index in [1.807, 2.05) is 25.2 Å². The standard InChI is InChI=1S/C21H25B2N9O2/c1-24-17-8-16-26-13-6-10(7-14-18(13)30-31(2)29-14)21(22,23)34-15-5-3-4-12(15)27-20(33)11-9-25-32(17)19(11)28-16/h6-9,12,15,24H,3-5,22-23H2,1-2H3,(H,26,28)(H,27,33)/t12-,15-/m1/s1. The summed E-state index contributed by atoms with van der Waals surface area (Å²) in [6, 6.07) is 5.83. The van der Waals surface area contributed by atoms with Gasteiger partial charge in [0, 0.05) is 25.6 Å². The highest BCUT2D eigenvalue weighted by Crippen LogP contribution is 2.34. The van der Waals surface area contributed by atoms with E-state index in [0.29, 0.717) is 22.8 Å². The second-order valence-electron chi connectivity index (χ2n) is 9.45. The molecule has 4 heterocycles. The Balaban J connectivity index is 1.60. The normalized spacial score (nSPS) is 21.8. The zero-order chi connectivity index (χ0) is 23.6. The number of hydrogen-bond acceptors (Lipinski definition) is 8. The van der Waals surface area contributed by atoms with Crippen molar-refractivity contribution in [2.45, 2.75) is 36.8 Å². The van der Waals surface area contributed by atoms with Gasteiger partial charge in [-0.1, -0.05) is 0 Å². The van der Waals surface area contributed by atoms with Crippen molar-refractivity contribution in [3.05, 3.63) is 35.5 Å². The van der Waals surface area contributed by atoms with Crippen LogP contribution in [0.15, 0.2) is 24.4 Å². The molecule has 4 bridgehead atoms. The molecule has 4 aromatic rings. The van der Waals surface area contributed by atoms with Crippen molar-refractivity contribution >= 4 is 55.6 Å². The van der Waals surface area contributed by atoms with Crippen LogP contribution in [0.3, 0.4) is 0 Å². The molecule has 34 heavy (non-hydrogen) atoms. The molecule has 2 atom stereocenters. The predicted molar refractivity (Wildman–Crippen MR) is 133 cm³/mol. The van der Waals surface area contributed by atoms with Gasteiger partial charge in [0.2, 0.25) is 0 Å². The van der Waals surface area contributed by atoms with Crippen molar-refractivity contribution < 1.29 is 9.53 Å². The van der Waals surface area contributed by atoms with Gasteiger partial charge in [0.15, 0.2) is 5.65 Å². The maximum Gasteiger partial charge on any atom is 0.257 e. The van der Waals surface area contributed by atoms with Crippen molar-refractivity contribution in [1.82, 2.24) is 34.9 Å². The van der Waals surface area contributed by atoms with Gasteiger partial charge in [-0.15, -0.1) is 0 Å². The van der Waals surface area contributed by atoms with Crippen LogP contribution in [-0.4, -0.2) is 70.4 Å². The smallest absolute Gasteiger partial charge is 0.257 e. The van der Waals surface area contributed by atoms with Crippen molar-refractivity contribution in [3.8, 4) is 0 Å². The Hall–Kier alpha value is -3.60. The minimum Gasteiger partial charge on any atom is -0.383 e. The van der Waals surface area contributed by atoms with Crippen LogP contribution >= 0.6 is 0 Å². The van der Waals surface area contributed by atoms with Gasteiger partial charge in [0.05, 0.1) is 24.0 Å². The molecule has 13 heteroatoms. The van der Waals surface area contributed by atoms with E-state index in [1.54, 1.807) is 22.6 Å². The number of carbonyl (C=O) groups is 1. The monoisotopic (exact) mass is 457 g/mol. The Morgan fingerprint density at radius 1 is 1.24 bits per heavy atom. The van der Waals surface area contributed by atoms with Crippen molar-refractivity contribution in [2.24, 2.45) is 7.05 Å². The van der Waals surface area contributed by atoms with E-state index >= 15 is 0 Å². The van der Waals surface area contributed by atoms with Crippen LogP contribution in [-0.2, 0) is 17.2 Å². The summed E-state index contributed by atoms with van der Waals surface area (Å²) in [7, 11) is 7.71. The summed E-state index contributed by atoms with van der Waals surface area (Å²) in [4.78, 5) is 19.6. The van der Waals surface area contributed by atoms with Gasteiger partial charge in [-0.05, 0) is 37.0 Å². The highest BCUT2D eigenvalue weighted by atomic mass is 16.5. The molecule has 1 aliphatic heterocycles. The SMILES string of the molecule is BC1(B)O[C@@H]2CCC[C@H]2NC(=O)c2cnn3c(NC)cc(nc23)Nc2cc1cc1nn(C)nc21. The molecule has 1 fully saturated rings. The average molecular weight is 457 g/mol. The topological polar surface area (TPSA) is 123 Å². The highest BCUT2D eigenvalue weighted by Gasteiger charge is 2.36. The summed E-state index contributed by atoms with van der Waals surface area (Å²) >= 11 is 0. The quantitative estimate of drug-likeness (QED) is 0.338. The fourth-order valence-electron chi connectivity index (χ4n) is 4.99. The number of ether oxygens (including phenoxy) is 1. The van der Waals surface area contributed by atoms with Gasteiger partial charge in [-0.25, -0.2) is 4.98 Å². The molecule has 1 amide bonds. The summed E-state index contributed by atoms with van der Waals surface area (Å²) in [5.74, 6) is 1.06. The Morgan fingerprint density at radius 2 is 2.09 bits per heavy atom. The van der Waals surface area contributed by atoms with Crippen LogP contribution < -0.4 is 16.0 Å².